The monoisotopic (exact) mass is 493 g/mol. The van der Waals surface area contributed by atoms with Gasteiger partial charge in [0.25, 0.3) is 5.91 Å². The Balaban J connectivity index is 1.71. The normalized spacial score (nSPS) is 20.3. The Bertz CT molecular complexity index is 1120. The van der Waals surface area contributed by atoms with Crippen LogP contribution in [-0.2, 0) is 18.1 Å². The van der Waals surface area contributed by atoms with Gasteiger partial charge in [0, 0.05) is 24.2 Å². The Morgan fingerprint density at radius 3 is 2.49 bits per heavy atom. The van der Waals surface area contributed by atoms with Crippen LogP contribution in [0, 0.1) is 5.92 Å². The van der Waals surface area contributed by atoms with Gasteiger partial charge in [-0.2, -0.15) is 18.2 Å². The number of rotatable bonds is 6. The van der Waals surface area contributed by atoms with E-state index in [2.05, 4.69) is 9.89 Å². The Hall–Kier alpha value is -2.55. The summed E-state index contributed by atoms with van der Waals surface area (Å²) in [7, 11) is 1.92. The molecule has 0 unspecified atom stereocenters. The standard InChI is InChI=1S/C26H34F3N3O3/c1-25(2,3)21-15-32(14-17-8-5-9-17)24(35-21)30-23(33)19-11-6-12-20(26(27,28)29)22(19)34-16-18-10-7-13-31(18)4/h6,11-12,15,17-18H,5,7-10,13-14,16H2,1-4H3/t18-/m0/s1. The number of alkyl halides is 3. The fourth-order valence-electron chi connectivity index (χ4n) is 4.50. The highest BCUT2D eigenvalue weighted by Crippen LogP contribution is 2.39. The van der Waals surface area contributed by atoms with Gasteiger partial charge < -0.3 is 14.1 Å². The van der Waals surface area contributed by atoms with E-state index in [1.54, 1.807) is 0 Å². The van der Waals surface area contributed by atoms with Gasteiger partial charge >= 0.3 is 11.9 Å². The number of oxazole rings is 1. The summed E-state index contributed by atoms with van der Waals surface area (Å²) in [4.78, 5) is 19.5. The summed E-state index contributed by atoms with van der Waals surface area (Å²) in [5, 5.41) is 0. The Morgan fingerprint density at radius 2 is 1.91 bits per heavy atom. The molecule has 9 heteroatoms. The number of hydrogen-bond donors (Lipinski definition) is 0. The summed E-state index contributed by atoms with van der Waals surface area (Å²) in [5.41, 5.74) is -1.40. The number of nitrogens with zero attached hydrogens (tertiary/aromatic N) is 3. The second kappa shape index (κ2) is 9.84. The van der Waals surface area contributed by atoms with Gasteiger partial charge in [0.2, 0.25) is 0 Å². The van der Waals surface area contributed by atoms with E-state index in [0.29, 0.717) is 18.2 Å². The fraction of sp³-hybridized carbons (Fsp3) is 0.615. The Labute approximate surface area is 203 Å². The van der Waals surface area contributed by atoms with Crippen LogP contribution < -0.4 is 10.4 Å². The molecule has 0 N–H and O–H groups in total. The van der Waals surface area contributed by atoms with Gasteiger partial charge in [-0.15, -0.1) is 0 Å². The van der Waals surface area contributed by atoms with Crippen molar-refractivity contribution in [3.05, 3.63) is 47.0 Å². The van der Waals surface area contributed by atoms with Gasteiger partial charge in [0.1, 0.15) is 18.1 Å². The highest BCUT2D eigenvalue weighted by molar-refractivity contribution is 5.98. The van der Waals surface area contributed by atoms with Crippen LogP contribution in [-0.4, -0.2) is 41.6 Å². The molecule has 1 atom stereocenters. The quantitative estimate of drug-likeness (QED) is 0.540. The van der Waals surface area contributed by atoms with E-state index >= 15 is 0 Å². The van der Waals surface area contributed by atoms with Crippen molar-refractivity contribution in [1.29, 1.82) is 0 Å². The second-order valence-corrected chi connectivity index (χ2v) is 10.8. The number of carbonyl (C=O) groups is 1. The van der Waals surface area contributed by atoms with Gasteiger partial charge in [-0.25, -0.2) is 0 Å². The highest BCUT2D eigenvalue weighted by atomic mass is 19.4. The molecule has 1 aliphatic heterocycles. The number of carbonyl (C=O) groups excluding carboxylic acids is 1. The minimum Gasteiger partial charge on any atom is -0.490 e. The predicted octanol–water partition coefficient (Wildman–Crippen LogP) is 5.41. The molecule has 1 saturated heterocycles. The van der Waals surface area contributed by atoms with Crippen LogP contribution in [0.25, 0.3) is 0 Å². The molecule has 35 heavy (non-hydrogen) atoms. The topological polar surface area (TPSA) is 60.0 Å². The lowest BCUT2D eigenvalue weighted by Gasteiger charge is -2.25. The van der Waals surface area contributed by atoms with E-state index in [1.807, 2.05) is 38.6 Å². The lowest BCUT2D eigenvalue weighted by molar-refractivity contribution is -0.139. The largest absolute Gasteiger partial charge is 0.490 e. The first-order valence-corrected chi connectivity index (χ1v) is 12.3. The molecular weight excluding hydrogens is 459 g/mol. The highest BCUT2D eigenvalue weighted by Gasteiger charge is 2.37. The van der Waals surface area contributed by atoms with Gasteiger partial charge in [-0.05, 0) is 57.3 Å². The second-order valence-electron chi connectivity index (χ2n) is 10.8. The van der Waals surface area contributed by atoms with Gasteiger partial charge in [-0.3, -0.25) is 9.36 Å². The van der Waals surface area contributed by atoms with E-state index < -0.39 is 23.4 Å². The van der Waals surface area contributed by atoms with Crippen molar-refractivity contribution in [3.8, 4) is 5.75 Å². The third kappa shape index (κ3) is 5.82. The molecule has 4 rings (SSSR count). The van der Waals surface area contributed by atoms with Crippen LogP contribution in [0.5, 0.6) is 5.75 Å². The lowest BCUT2D eigenvalue weighted by Crippen LogP contribution is -2.31. The molecule has 0 spiro atoms. The Morgan fingerprint density at radius 1 is 1.17 bits per heavy atom. The predicted molar refractivity (Wildman–Crippen MR) is 125 cm³/mol. The van der Waals surface area contributed by atoms with Crippen LogP contribution in [0.1, 0.15) is 74.6 Å². The van der Waals surface area contributed by atoms with Crippen LogP contribution in [0.3, 0.4) is 0 Å². The van der Waals surface area contributed by atoms with Gasteiger partial charge in [-0.1, -0.05) is 33.3 Å². The molecule has 2 fully saturated rings. The van der Waals surface area contributed by atoms with Crippen LogP contribution in [0.15, 0.2) is 33.8 Å². The summed E-state index contributed by atoms with van der Waals surface area (Å²) >= 11 is 0. The zero-order chi connectivity index (χ0) is 25.4. The van der Waals surface area contributed by atoms with Crippen LogP contribution >= 0.6 is 0 Å². The third-order valence-corrected chi connectivity index (χ3v) is 6.98. The van der Waals surface area contributed by atoms with E-state index in [4.69, 9.17) is 9.15 Å². The number of aromatic nitrogens is 1. The first kappa shape index (κ1) is 25.5. The maximum absolute atomic E-state index is 13.8. The number of benzene rings is 1. The smallest absolute Gasteiger partial charge is 0.419 e. The average molecular weight is 494 g/mol. The molecule has 1 aromatic heterocycles. The first-order valence-electron chi connectivity index (χ1n) is 12.3. The van der Waals surface area contributed by atoms with Crippen molar-refractivity contribution in [1.82, 2.24) is 9.47 Å². The summed E-state index contributed by atoms with van der Waals surface area (Å²) in [6.45, 7) is 7.57. The molecule has 2 aromatic rings. The number of para-hydroxylation sites is 1. The van der Waals surface area contributed by atoms with Crippen molar-refractivity contribution < 1.29 is 27.1 Å². The summed E-state index contributed by atoms with van der Waals surface area (Å²) < 4.78 is 54.9. The van der Waals surface area contributed by atoms with Gasteiger partial charge in [0.05, 0.1) is 11.1 Å². The SMILES string of the molecule is CN1CCC[C@H]1COc1c(C(=O)N=c2oc(C(C)(C)C)cn2CC2CCC2)cccc1C(F)(F)F. The van der Waals surface area contributed by atoms with Crippen molar-refractivity contribution in [2.75, 3.05) is 20.2 Å². The molecule has 0 bridgehead atoms. The number of likely N-dealkylation sites (tertiary alicyclic amines) is 1. The zero-order valence-corrected chi connectivity index (χ0v) is 20.8. The van der Waals surface area contributed by atoms with Crippen molar-refractivity contribution in [2.45, 2.75) is 77.1 Å². The molecular formula is C26H34F3N3O3. The summed E-state index contributed by atoms with van der Waals surface area (Å²) in [6.07, 6.45) is 2.34. The fourth-order valence-corrected chi connectivity index (χ4v) is 4.50. The van der Waals surface area contributed by atoms with Gasteiger partial charge in [0.15, 0.2) is 0 Å². The van der Waals surface area contributed by atoms with Crippen molar-refractivity contribution in [2.24, 2.45) is 10.9 Å². The van der Waals surface area contributed by atoms with E-state index in [0.717, 1.165) is 38.3 Å². The van der Waals surface area contributed by atoms with Crippen molar-refractivity contribution in [3.63, 3.8) is 0 Å². The minimum absolute atomic E-state index is 0.000216. The molecule has 1 amide bonds. The molecule has 2 aliphatic rings. The maximum atomic E-state index is 13.8. The zero-order valence-electron chi connectivity index (χ0n) is 20.8. The first-order chi connectivity index (χ1) is 16.4. The molecule has 0 radical (unpaired) electrons. The molecule has 192 valence electrons. The van der Waals surface area contributed by atoms with Crippen LogP contribution in [0.4, 0.5) is 13.2 Å². The number of amides is 1. The van der Waals surface area contributed by atoms with E-state index in [1.165, 1.54) is 18.6 Å². The van der Waals surface area contributed by atoms with E-state index in [9.17, 15) is 18.0 Å². The summed E-state index contributed by atoms with van der Waals surface area (Å²) in [6, 6.07) is 3.48. The number of likely N-dealkylation sites (N-methyl/N-ethyl adjacent to an activating group) is 1. The molecule has 1 aromatic carbocycles. The lowest BCUT2D eigenvalue weighted by atomic mass is 9.85. The Kier molecular flexibility index (Phi) is 7.18. The van der Waals surface area contributed by atoms with E-state index in [-0.39, 0.29) is 29.3 Å². The average Bonchev–Trinajstić information content (AvgIpc) is 3.33. The molecule has 1 saturated carbocycles. The van der Waals surface area contributed by atoms with Crippen LogP contribution in [0.2, 0.25) is 0 Å². The minimum atomic E-state index is -4.67. The molecule has 2 heterocycles. The molecule has 6 nitrogen and oxygen atoms in total. The van der Waals surface area contributed by atoms with Crippen molar-refractivity contribution >= 4 is 5.91 Å². The number of ether oxygens (including phenoxy) is 1. The maximum Gasteiger partial charge on any atom is 0.419 e. The molecule has 1 aliphatic carbocycles. The summed E-state index contributed by atoms with van der Waals surface area (Å²) in [5.74, 6) is -0.149. The number of hydrogen-bond acceptors (Lipinski definition) is 4. The number of halogens is 3. The third-order valence-electron chi connectivity index (χ3n) is 6.98.